The highest BCUT2D eigenvalue weighted by atomic mass is 32.2. The lowest BCUT2D eigenvalue weighted by molar-refractivity contribution is 0.415. The average Bonchev–Trinajstić information content (AvgIpc) is 3.53. The summed E-state index contributed by atoms with van der Waals surface area (Å²) in [5.41, 5.74) is 1.96. The first-order chi connectivity index (χ1) is 11.8. The van der Waals surface area contributed by atoms with E-state index in [0.717, 1.165) is 33.5 Å². The number of aromatic amines is 1. The molecule has 0 unspecified atom stereocenters. The number of hydrogen-bond acceptors (Lipinski definition) is 5. The van der Waals surface area contributed by atoms with E-state index >= 15 is 0 Å². The molecule has 0 saturated heterocycles. The predicted octanol–water partition coefficient (Wildman–Crippen LogP) is 3.67. The number of aromatic nitrogens is 5. The highest BCUT2D eigenvalue weighted by Crippen LogP contribution is 2.45. The number of fused-ring (bicyclic) bond motifs is 1. The molecule has 1 N–H and O–H groups in total. The Morgan fingerprint density at radius 2 is 2.12 bits per heavy atom. The first-order valence-corrected chi connectivity index (χ1v) is 9.40. The summed E-state index contributed by atoms with van der Waals surface area (Å²) in [5, 5.41) is 9.85. The molecule has 24 heavy (non-hydrogen) atoms. The molecule has 7 heteroatoms. The van der Waals surface area contributed by atoms with Crippen LogP contribution in [0.5, 0.6) is 5.75 Å². The van der Waals surface area contributed by atoms with Gasteiger partial charge in [-0.1, -0.05) is 11.8 Å². The lowest BCUT2D eigenvalue weighted by atomic mass is 10.3. The maximum Gasteiger partial charge on any atom is 0.166 e. The zero-order chi connectivity index (χ0) is 16.1. The van der Waals surface area contributed by atoms with E-state index in [9.17, 15) is 0 Å². The Balaban J connectivity index is 1.37. The third-order valence-electron chi connectivity index (χ3n) is 4.65. The van der Waals surface area contributed by atoms with Crippen LogP contribution in [0.15, 0.2) is 23.4 Å². The highest BCUT2D eigenvalue weighted by molar-refractivity contribution is 7.98. The Bertz CT molecular complexity index is 894. The van der Waals surface area contributed by atoms with E-state index in [-0.39, 0.29) is 0 Å². The molecule has 2 fully saturated rings. The van der Waals surface area contributed by atoms with E-state index in [1.807, 2.05) is 18.2 Å². The van der Waals surface area contributed by atoms with Crippen LogP contribution in [0.3, 0.4) is 0 Å². The normalized spacial score (nSPS) is 17.5. The molecule has 2 saturated carbocycles. The van der Waals surface area contributed by atoms with Gasteiger partial charge in [0.2, 0.25) is 0 Å². The van der Waals surface area contributed by atoms with Crippen LogP contribution in [0.1, 0.15) is 49.3 Å². The van der Waals surface area contributed by atoms with Crippen molar-refractivity contribution in [2.75, 3.05) is 7.11 Å². The summed E-state index contributed by atoms with van der Waals surface area (Å²) in [6.45, 7) is 0. The van der Waals surface area contributed by atoms with Gasteiger partial charge in [0.05, 0.1) is 23.9 Å². The minimum atomic E-state index is 0.631. The van der Waals surface area contributed by atoms with Crippen LogP contribution in [0.2, 0.25) is 0 Å². The van der Waals surface area contributed by atoms with Crippen molar-refractivity contribution >= 4 is 22.8 Å². The largest absolute Gasteiger partial charge is 0.497 e. The van der Waals surface area contributed by atoms with Crippen LogP contribution in [0.25, 0.3) is 11.0 Å². The van der Waals surface area contributed by atoms with Crippen molar-refractivity contribution in [3.63, 3.8) is 0 Å². The molecule has 1 aromatic carbocycles. The molecule has 3 aromatic rings. The fourth-order valence-corrected chi connectivity index (χ4v) is 3.89. The van der Waals surface area contributed by atoms with Gasteiger partial charge in [-0.3, -0.25) is 0 Å². The zero-order valence-corrected chi connectivity index (χ0v) is 14.3. The van der Waals surface area contributed by atoms with Crippen molar-refractivity contribution in [1.29, 1.82) is 0 Å². The summed E-state index contributed by atoms with van der Waals surface area (Å²) in [6, 6.07) is 6.52. The first kappa shape index (κ1) is 14.3. The smallest absolute Gasteiger partial charge is 0.166 e. The molecule has 0 atom stereocenters. The summed E-state index contributed by atoms with van der Waals surface area (Å²) in [4.78, 5) is 8.00. The van der Waals surface area contributed by atoms with Crippen LogP contribution in [0.4, 0.5) is 0 Å². The van der Waals surface area contributed by atoms with Gasteiger partial charge in [-0.05, 0) is 37.8 Å². The number of imidazole rings is 1. The van der Waals surface area contributed by atoms with E-state index in [1.165, 1.54) is 31.5 Å². The molecular weight excluding hydrogens is 322 g/mol. The van der Waals surface area contributed by atoms with Gasteiger partial charge in [-0.25, -0.2) is 4.98 Å². The maximum atomic E-state index is 5.26. The fourth-order valence-electron chi connectivity index (χ4n) is 3.08. The number of H-pyrrole nitrogens is 1. The second kappa shape index (κ2) is 5.51. The van der Waals surface area contributed by atoms with E-state index in [1.54, 1.807) is 18.9 Å². The van der Waals surface area contributed by atoms with Gasteiger partial charge in [0.15, 0.2) is 5.16 Å². The van der Waals surface area contributed by atoms with Crippen LogP contribution in [-0.4, -0.2) is 31.8 Å². The predicted molar refractivity (Wildman–Crippen MR) is 92.5 cm³/mol. The van der Waals surface area contributed by atoms with Gasteiger partial charge < -0.3 is 14.3 Å². The number of ether oxygens (including phenoxy) is 1. The topological polar surface area (TPSA) is 68.6 Å². The van der Waals surface area contributed by atoms with Crippen LogP contribution < -0.4 is 4.74 Å². The summed E-state index contributed by atoms with van der Waals surface area (Å²) in [6.07, 6.45) is 5.06. The van der Waals surface area contributed by atoms with E-state index in [4.69, 9.17) is 4.74 Å². The minimum Gasteiger partial charge on any atom is -0.497 e. The lowest BCUT2D eigenvalue weighted by Crippen LogP contribution is -2.04. The molecule has 5 rings (SSSR count). The molecule has 0 amide bonds. The van der Waals surface area contributed by atoms with E-state index in [0.29, 0.717) is 12.0 Å². The Hall–Kier alpha value is -2.02. The molecule has 2 aliphatic carbocycles. The van der Waals surface area contributed by atoms with Gasteiger partial charge in [0, 0.05) is 18.0 Å². The standard InChI is InChI=1S/C17H19N5OS/c1-23-12-6-7-13-14(8-12)19-17(18-13)24-9-15-20-21-16(10-2-3-10)22(15)11-4-5-11/h6-8,10-11H,2-5,9H2,1H3,(H,18,19). The van der Waals surface area contributed by atoms with E-state index in [2.05, 4.69) is 24.7 Å². The van der Waals surface area contributed by atoms with Crippen molar-refractivity contribution in [3.8, 4) is 5.75 Å². The molecule has 6 nitrogen and oxygen atoms in total. The molecule has 2 aliphatic rings. The third-order valence-corrected chi connectivity index (χ3v) is 5.52. The van der Waals surface area contributed by atoms with Crippen molar-refractivity contribution in [2.45, 2.75) is 48.6 Å². The van der Waals surface area contributed by atoms with Crippen LogP contribution in [0, 0.1) is 0 Å². The number of rotatable bonds is 6. The Morgan fingerprint density at radius 1 is 1.25 bits per heavy atom. The molecule has 0 bridgehead atoms. The first-order valence-electron chi connectivity index (χ1n) is 8.42. The summed E-state index contributed by atoms with van der Waals surface area (Å²) in [5.74, 6) is 4.58. The molecule has 0 aliphatic heterocycles. The van der Waals surface area contributed by atoms with Gasteiger partial charge in [-0.15, -0.1) is 10.2 Å². The molecule has 124 valence electrons. The van der Waals surface area contributed by atoms with Crippen LogP contribution in [-0.2, 0) is 5.75 Å². The molecule has 0 spiro atoms. The zero-order valence-electron chi connectivity index (χ0n) is 13.5. The fraction of sp³-hybridized carbons (Fsp3) is 0.471. The number of nitrogens with one attached hydrogen (secondary N) is 1. The van der Waals surface area contributed by atoms with Gasteiger partial charge in [0.25, 0.3) is 0 Å². The SMILES string of the molecule is COc1ccc2nc(SCc3nnc(C4CC4)n3C3CC3)[nH]c2c1. The molecule has 2 aromatic heterocycles. The Morgan fingerprint density at radius 3 is 2.88 bits per heavy atom. The number of benzene rings is 1. The average molecular weight is 341 g/mol. The monoisotopic (exact) mass is 341 g/mol. The number of nitrogens with zero attached hydrogens (tertiary/aromatic N) is 4. The molecule has 2 heterocycles. The third kappa shape index (κ3) is 2.56. The quantitative estimate of drug-likeness (QED) is 0.693. The number of methoxy groups -OCH3 is 1. The van der Waals surface area contributed by atoms with Gasteiger partial charge in [0.1, 0.15) is 17.4 Å². The van der Waals surface area contributed by atoms with Crippen molar-refractivity contribution in [1.82, 2.24) is 24.7 Å². The number of hydrogen-bond donors (Lipinski definition) is 1. The van der Waals surface area contributed by atoms with Gasteiger partial charge in [-0.2, -0.15) is 0 Å². The minimum absolute atomic E-state index is 0.631. The van der Waals surface area contributed by atoms with E-state index < -0.39 is 0 Å². The molecule has 0 radical (unpaired) electrons. The second-order valence-electron chi connectivity index (χ2n) is 6.56. The van der Waals surface area contributed by atoms with Crippen molar-refractivity contribution < 1.29 is 4.74 Å². The molecular formula is C17H19N5OS. The Labute approximate surface area is 144 Å². The Kier molecular flexibility index (Phi) is 3.29. The lowest BCUT2D eigenvalue weighted by Gasteiger charge is -2.07. The van der Waals surface area contributed by atoms with Gasteiger partial charge >= 0.3 is 0 Å². The second-order valence-corrected chi connectivity index (χ2v) is 7.53. The summed E-state index contributed by atoms with van der Waals surface area (Å²) in [7, 11) is 1.68. The van der Waals surface area contributed by atoms with Crippen molar-refractivity contribution in [3.05, 3.63) is 29.8 Å². The number of thioether (sulfide) groups is 1. The highest BCUT2D eigenvalue weighted by Gasteiger charge is 2.36. The summed E-state index contributed by atoms with van der Waals surface area (Å²) < 4.78 is 7.66. The summed E-state index contributed by atoms with van der Waals surface area (Å²) >= 11 is 1.69. The van der Waals surface area contributed by atoms with Crippen LogP contribution >= 0.6 is 11.8 Å². The van der Waals surface area contributed by atoms with Crippen molar-refractivity contribution in [2.24, 2.45) is 0 Å². The maximum absolute atomic E-state index is 5.26.